The predicted octanol–water partition coefficient (Wildman–Crippen LogP) is 4.61. The summed E-state index contributed by atoms with van der Waals surface area (Å²) in [6, 6.07) is 6.97. The predicted molar refractivity (Wildman–Crippen MR) is 113 cm³/mol. The lowest BCUT2D eigenvalue weighted by molar-refractivity contribution is -0.159. The van der Waals surface area contributed by atoms with Gasteiger partial charge in [0.05, 0.1) is 16.9 Å². The summed E-state index contributed by atoms with van der Waals surface area (Å²) in [6.45, 7) is 7.51. The molecule has 6 unspecified atom stereocenters. The van der Waals surface area contributed by atoms with E-state index < -0.39 is 17.5 Å². The molecule has 31 heavy (non-hydrogen) atoms. The molecule has 2 aliphatic carbocycles. The van der Waals surface area contributed by atoms with Gasteiger partial charge in [0.25, 0.3) is 0 Å². The van der Waals surface area contributed by atoms with Crippen LogP contribution in [0, 0.1) is 23.2 Å². The van der Waals surface area contributed by atoms with Gasteiger partial charge in [-0.3, -0.25) is 9.59 Å². The summed E-state index contributed by atoms with van der Waals surface area (Å²) >= 11 is 0. The molecule has 2 aliphatic heterocycles. The first-order chi connectivity index (χ1) is 14.7. The van der Waals surface area contributed by atoms with Gasteiger partial charge in [-0.15, -0.1) is 0 Å². The van der Waals surface area contributed by atoms with Crippen LogP contribution in [0.25, 0.3) is 0 Å². The Balaban J connectivity index is 1.40. The number of ether oxygens (including phenoxy) is 3. The third-order valence-corrected chi connectivity index (χ3v) is 7.42. The van der Waals surface area contributed by atoms with E-state index >= 15 is 0 Å². The number of fused-ring (bicyclic) bond motifs is 1. The summed E-state index contributed by atoms with van der Waals surface area (Å²) in [5.74, 6) is -0.126. The third-order valence-electron chi connectivity index (χ3n) is 7.42. The average Bonchev–Trinajstić information content (AvgIpc) is 2.91. The molecule has 0 spiro atoms. The van der Waals surface area contributed by atoms with Crippen LogP contribution in [0.5, 0.6) is 0 Å². The SMILES string of the molecule is CCC(C)(C)C(=O)OC(C)c1ccc(C(=O)OC2C3CC4CC(C3)C(=O)OC2C4)cc1. The van der Waals surface area contributed by atoms with Gasteiger partial charge in [-0.25, -0.2) is 4.79 Å². The molecule has 4 aliphatic rings. The van der Waals surface area contributed by atoms with Crippen molar-refractivity contribution in [2.45, 2.75) is 78.1 Å². The number of hydrogen-bond acceptors (Lipinski definition) is 6. The van der Waals surface area contributed by atoms with Gasteiger partial charge in [0.2, 0.25) is 0 Å². The molecule has 4 bridgehead atoms. The second-order valence-corrected chi connectivity index (χ2v) is 10.0. The number of carbonyl (C=O) groups excluding carboxylic acids is 3. The van der Waals surface area contributed by atoms with Gasteiger partial charge in [-0.1, -0.05) is 19.1 Å². The molecule has 0 radical (unpaired) electrons. The van der Waals surface area contributed by atoms with Gasteiger partial charge in [-0.2, -0.15) is 0 Å². The zero-order valence-corrected chi connectivity index (χ0v) is 18.8. The second kappa shape index (κ2) is 8.29. The molecule has 0 N–H and O–H groups in total. The Bertz CT molecular complexity index is 857. The van der Waals surface area contributed by atoms with Gasteiger partial charge in [0, 0.05) is 5.92 Å². The number of carbonyl (C=O) groups is 3. The quantitative estimate of drug-likeness (QED) is 0.486. The van der Waals surface area contributed by atoms with E-state index in [2.05, 4.69) is 0 Å². The van der Waals surface area contributed by atoms with E-state index in [1.165, 1.54) is 0 Å². The van der Waals surface area contributed by atoms with E-state index in [1.54, 1.807) is 24.3 Å². The average molecular weight is 429 g/mol. The molecule has 1 aromatic carbocycles. The maximum Gasteiger partial charge on any atom is 0.338 e. The zero-order chi connectivity index (χ0) is 22.3. The number of benzene rings is 1. The van der Waals surface area contributed by atoms with Crippen LogP contribution in [-0.4, -0.2) is 30.1 Å². The van der Waals surface area contributed by atoms with Gasteiger partial charge >= 0.3 is 17.9 Å². The third kappa shape index (κ3) is 4.35. The molecule has 168 valence electrons. The lowest BCUT2D eigenvalue weighted by Gasteiger charge is -2.41. The lowest BCUT2D eigenvalue weighted by atomic mass is 9.67. The summed E-state index contributed by atoms with van der Waals surface area (Å²) in [7, 11) is 0. The van der Waals surface area contributed by atoms with Crippen LogP contribution in [0.15, 0.2) is 24.3 Å². The van der Waals surface area contributed by atoms with Crippen molar-refractivity contribution < 1.29 is 28.6 Å². The highest BCUT2D eigenvalue weighted by Gasteiger charge is 2.51. The summed E-state index contributed by atoms with van der Waals surface area (Å²) in [5.41, 5.74) is 0.728. The maximum absolute atomic E-state index is 12.8. The molecule has 2 saturated carbocycles. The fourth-order valence-corrected chi connectivity index (χ4v) is 5.05. The van der Waals surface area contributed by atoms with E-state index in [0.717, 1.165) is 31.2 Å². The highest BCUT2D eigenvalue weighted by Crippen LogP contribution is 2.48. The van der Waals surface area contributed by atoms with Crippen LogP contribution in [0.2, 0.25) is 0 Å². The maximum atomic E-state index is 12.8. The van der Waals surface area contributed by atoms with Crippen molar-refractivity contribution in [2.24, 2.45) is 23.2 Å². The van der Waals surface area contributed by atoms with Crippen LogP contribution < -0.4 is 0 Å². The molecule has 6 atom stereocenters. The normalized spacial score (nSPS) is 30.3. The van der Waals surface area contributed by atoms with Crippen LogP contribution in [0.4, 0.5) is 0 Å². The second-order valence-electron chi connectivity index (χ2n) is 10.0. The smallest absolute Gasteiger partial charge is 0.338 e. The van der Waals surface area contributed by atoms with E-state index in [4.69, 9.17) is 14.2 Å². The first-order valence-electron chi connectivity index (χ1n) is 11.4. The van der Waals surface area contributed by atoms with Gasteiger partial charge in [0.15, 0.2) is 0 Å². The van der Waals surface area contributed by atoms with Crippen molar-refractivity contribution in [1.29, 1.82) is 0 Å². The van der Waals surface area contributed by atoms with Crippen molar-refractivity contribution in [3.63, 3.8) is 0 Å². The molecule has 0 amide bonds. The van der Waals surface area contributed by atoms with Crippen LogP contribution in [-0.2, 0) is 23.8 Å². The zero-order valence-electron chi connectivity index (χ0n) is 18.8. The Morgan fingerprint density at radius 3 is 2.52 bits per heavy atom. The van der Waals surface area contributed by atoms with E-state index in [1.807, 2.05) is 27.7 Å². The van der Waals surface area contributed by atoms with Gasteiger partial charge in [-0.05, 0) is 76.5 Å². The Morgan fingerprint density at radius 2 is 1.84 bits per heavy atom. The van der Waals surface area contributed by atoms with E-state index in [-0.39, 0.29) is 36.0 Å². The van der Waals surface area contributed by atoms with E-state index in [0.29, 0.717) is 17.9 Å². The molecule has 0 aromatic heterocycles. The van der Waals surface area contributed by atoms with Crippen molar-refractivity contribution >= 4 is 17.9 Å². The molecule has 6 nitrogen and oxygen atoms in total. The highest BCUT2D eigenvalue weighted by atomic mass is 16.6. The fourth-order valence-electron chi connectivity index (χ4n) is 5.05. The minimum atomic E-state index is -0.529. The monoisotopic (exact) mass is 428 g/mol. The first kappa shape index (κ1) is 21.8. The van der Waals surface area contributed by atoms with Crippen molar-refractivity contribution in [3.8, 4) is 0 Å². The number of esters is 3. The summed E-state index contributed by atoms with van der Waals surface area (Å²) < 4.78 is 17.1. The molecule has 1 aromatic rings. The van der Waals surface area contributed by atoms with Crippen LogP contribution in [0.3, 0.4) is 0 Å². The molecule has 2 saturated heterocycles. The Morgan fingerprint density at radius 1 is 1.13 bits per heavy atom. The molecule has 4 fully saturated rings. The lowest BCUT2D eigenvalue weighted by Crippen LogP contribution is -2.45. The van der Waals surface area contributed by atoms with Crippen LogP contribution >= 0.6 is 0 Å². The van der Waals surface area contributed by atoms with E-state index in [9.17, 15) is 14.4 Å². The minimum Gasteiger partial charge on any atom is -0.458 e. The summed E-state index contributed by atoms with van der Waals surface area (Å²) in [4.78, 5) is 37.4. The van der Waals surface area contributed by atoms with Crippen molar-refractivity contribution in [3.05, 3.63) is 35.4 Å². The molecular formula is C25H32O6. The Kier molecular flexibility index (Phi) is 5.84. The largest absolute Gasteiger partial charge is 0.458 e. The molecule has 5 rings (SSSR count). The molecule has 2 heterocycles. The highest BCUT2D eigenvalue weighted by molar-refractivity contribution is 5.89. The standard InChI is InChI=1S/C25H32O6/c1-5-25(3,4)24(28)29-14(2)16-6-8-17(9-7-16)22(26)31-21-18-10-15-11-19(13-18)23(27)30-20(21)12-15/h6-9,14-15,18-21H,5,10-13H2,1-4H3. The molecular weight excluding hydrogens is 396 g/mol. The first-order valence-corrected chi connectivity index (χ1v) is 11.4. The fraction of sp³-hybridized carbons (Fsp3) is 0.640. The molecule has 6 heteroatoms. The van der Waals surface area contributed by atoms with Crippen LogP contribution in [0.1, 0.15) is 81.8 Å². The van der Waals surface area contributed by atoms with Crippen molar-refractivity contribution in [2.75, 3.05) is 0 Å². The number of rotatable bonds is 6. The summed E-state index contributed by atoms with van der Waals surface area (Å²) in [5, 5.41) is 0. The topological polar surface area (TPSA) is 78.9 Å². The number of hydrogen-bond donors (Lipinski definition) is 0. The Hall–Kier alpha value is -2.37. The summed E-state index contributed by atoms with van der Waals surface area (Å²) in [6.07, 6.45) is 3.04. The van der Waals surface area contributed by atoms with Gasteiger partial charge in [0.1, 0.15) is 18.3 Å². The van der Waals surface area contributed by atoms with Gasteiger partial charge < -0.3 is 14.2 Å². The Labute approximate surface area is 183 Å². The minimum absolute atomic E-state index is 0.0429. The van der Waals surface area contributed by atoms with Crippen molar-refractivity contribution in [1.82, 2.24) is 0 Å².